The van der Waals surface area contributed by atoms with Gasteiger partial charge in [0.2, 0.25) is 5.91 Å². The van der Waals surface area contributed by atoms with E-state index in [0.29, 0.717) is 28.2 Å². The molecule has 0 aliphatic carbocycles. The smallest absolute Gasteiger partial charge is 0.240 e. The van der Waals surface area contributed by atoms with Gasteiger partial charge in [-0.1, -0.05) is 65.8 Å². The molecule has 0 aliphatic rings. The molecule has 0 aliphatic heterocycles. The topological polar surface area (TPSA) is 67.2 Å². The SMILES string of the molecule is O=C(Cn1c(CO)cnc1SCc1cccc(Cl)c1)NCc1ccccc1. The summed E-state index contributed by atoms with van der Waals surface area (Å²) < 4.78 is 1.75. The molecule has 0 bridgehead atoms. The molecule has 1 aromatic heterocycles. The maximum Gasteiger partial charge on any atom is 0.240 e. The quantitative estimate of drug-likeness (QED) is 0.565. The minimum atomic E-state index is -0.170. The molecule has 2 N–H and O–H groups in total. The lowest BCUT2D eigenvalue weighted by atomic mass is 10.2. The predicted molar refractivity (Wildman–Crippen MR) is 107 cm³/mol. The van der Waals surface area contributed by atoms with Gasteiger partial charge in [0.15, 0.2) is 5.16 Å². The normalized spacial score (nSPS) is 10.7. The molecule has 0 unspecified atom stereocenters. The number of hydrogen-bond acceptors (Lipinski definition) is 4. The van der Waals surface area contributed by atoms with E-state index in [-0.39, 0.29) is 19.1 Å². The number of hydrogen-bond donors (Lipinski definition) is 2. The Labute approximate surface area is 167 Å². The second-order valence-corrected chi connectivity index (χ2v) is 7.34. The lowest BCUT2D eigenvalue weighted by Crippen LogP contribution is -2.28. The Balaban J connectivity index is 1.63. The maximum atomic E-state index is 12.4. The number of thioether (sulfide) groups is 1. The number of halogens is 1. The largest absolute Gasteiger partial charge is 0.390 e. The van der Waals surface area contributed by atoms with Gasteiger partial charge >= 0.3 is 0 Å². The number of aromatic nitrogens is 2. The van der Waals surface area contributed by atoms with E-state index < -0.39 is 0 Å². The van der Waals surface area contributed by atoms with Crippen molar-refractivity contribution in [3.05, 3.63) is 82.6 Å². The monoisotopic (exact) mass is 401 g/mol. The van der Waals surface area contributed by atoms with E-state index in [0.717, 1.165) is 11.1 Å². The maximum absolute atomic E-state index is 12.4. The molecule has 1 amide bonds. The molecule has 140 valence electrons. The molecule has 2 aromatic carbocycles. The summed E-state index contributed by atoms with van der Waals surface area (Å²) in [6, 6.07) is 17.4. The Kier molecular flexibility index (Phi) is 6.92. The third-order valence-electron chi connectivity index (χ3n) is 3.95. The molecular formula is C20H20ClN3O2S. The standard InChI is InChI=1S/C20H20ClN3O2S/c21-17-8-4-7-16(9-17)14-27-20-23-11-18(13-25)24(20)12-19(26)22-10-15-5-2-1-3-6-15/h1-9,11,25H,10,12-14H2,(H,22,26). The van der Waals surface area contributed by atoms with Crippen molar-refractivity contribution < 1.29 is 9.90 Å². The number of imidazole rings is 1. The van der Waals surface area contributed by atoms with Crippen LogP contribution < -0.4 is 5.32 Å². The molecule has 0 saturated carbocycles. The number of aliphatic hydroxyl groups is 1. The highest BCUT2D eigenvalue weighted by atomic mass is 35.5. The summed E-state index contributed by atoms with van der Waals surface area (Å²) in [4.78, 5) is 16.7. The van der Waals surface area contributed by atoms with Crippen molar-refractivity contribution in [2.24, 2.45) is 0 Å². The van der Waals surface area contributed by atoms with Crippen molar-refractivity contribution in [3.63, 3.8) is 0 Å². The van der Waals surface area contributed by atoms with Gasteiger partial charge in [-0.25, -0.2) is 4.98 Å². The van der Waals surface area contributed by atoms with Gasteiger partial charge in [0.1, 0.15) is 6.54 Å². The van der Waals surface area contributed by atoms with Crippen molar-refractivity contribution in [2.45, 2.75) is 30.6 Å². The first-order valence-electron chi connectivity index (χ1n) is 8.49. The molecule has 0 saturated heterocycles. The number of amides is 1. The zero-order valence-corrected chi connectivity index (χ0v) is 16.2. The average Bonchev–Trinajstić information content (AvgIpc) is 3.07. The van der Waals surface area contributed by atoms with Crippen LogP contribution in [0.5, 0.6) is 0 Å². The summed E-state index contributed by atoms with van der Waals surface area (Å²) in [7, 11) is 0. The van der Waals surface area contributed by atoms with E-state index in [1.807, 2.05) is 54.6 Å². The number of rotatable bonds is 8. The van der Waals surface area contributed by atoms with E-state index >= 15 is 0 Å². The van der Waals surface area contributed by atoms with Gasteiger partial charge in [0, 0.05) is 17.3 Å². The van der Waals surface area contributed by atoms with Crippen LogP contribution in [-0.4, -0.2) is 20.6 Å². The van der Waals surface area contributed by atoms with Crippen LogP contribution in [-0.2, 0) is 30.2 Å². The minimum absolute atomic E-state index is 0.112. The van der Waals surface area contributed by atoms with Crippen LogP contribution in [0.1, 0.15) is 16.8 Å². The van der Waals surface area contributed by atoms with Gasteiger partial charge in [0.25, 0.3) is 0 Å². The zero-order valence-electron chi connectivity index (χ0n) is 14.6. The van der Waals surface area contributed by atoms with Crippen LogP contribution in [0.4, 0.5) is 0 Å². The molecule has 0 atom stereocenters. The van der Waals surface area contributed by atoms with E-state index in [1.165, 1.54) is 11.8 Å². The first-order valence-corrected chi connectivity index (χ1v) is 9.85. The van der Waals surface area contributed by atoms with Crippen molar-refractivity contribution in [2.75, 3.05) is 0 Å². The minimum Gasteiger partial charge on any atom is -0.390 e. The molecule has 3 rings (SSSR count). The Hall–Kier alpha value is -2.28. The van der Waals surface area contributed by atoms with Crippen molar-refractivity contribution in [1.82, 2.24) is 14.9 Å². The Morgan fingerprint density at radius 2 is 1.93 bits per heavy atom. The number of carbonyl (C=O) groups is 1. The van der Waals surface area contributed by atoms with E-state index in [4.69, 9.17) is 11.6 Å². The van der Waals surface area contributed by atoms with Crippen LogP contribution in [0.3, 0.4) is 0 Å². The van der Waals surface area contributed by atoms with Crippen molar-refractivity contribution in [3.8, 4) is 0 Å². The second kappa shape index (κ2) is 9.60. The Morgan fingerprint density at radius 3 is 2.67 bits per heavy atom. The molecule has 1 heterocycles. The number of aliphatic hydroxyl groups excluding tert-OH is 1. The highest BCUT2D eigenvalue weighted by Crippen LogP contribution is 2.24. The van der Waals surface area contributed by atoms with E-state index in [9.17, 15) is 9.90 Å². The number of benzene rings is 2. The molecule has 7 heteroatoms. The number of carbonyl (C=O) groups excluding carboxylic acids is 1. The second-order valence-electron chi connectivity index (χ2n) is 5.96. The van der Waals surface area contributed by atoms with Crippen molar-refractivity contribution in [1.29, 1.82) is 0 Å². The highest BCUT2D eigenvalue weighted by molar-refractivity contribution is 7.98. The lowest BCUT2D eigenvalue weighted by molar-refractivity contribution is -0.122. The van der Waals surface area contributed by atoms with Gasteiger partial charge in [-0.05, 0) is 23.3 Å². The first-order chi connectivity index (χ1) is 13.2. The Morgan fingerprint density at radius 1 is 1.15 bits per heavy atom. The van der Waals surface area contributed by atoms with Crippen molar-refractivity contribution >= 4 is 29.3 Å². The number of nitrogens with zero attached hydrogens (tertiary/aromatic N) is 2. The molecule has 27 heavy (non-hydrogen) atoms. The molecule has 5 nitrogen and oxygen atoms in total. The molecule has 0 radical (unpaired) electrons. The van der Waals surface area contributed by atoms with E-state index in [1.54, 1.807) is 10.8 Å². The fraction of sp³-hybridized carbons (Fsp3) is 0.200. The Bertz CT molecular complexity index is 899. The van der Waals surface area contributed by atoms with Gasteiger partial charge in [-0.2, -0.15) is 0 Å². The van der Waals surface area contributed by atoms with Crippen LogP contribution in [0.15, 0.2) is 66.0 Å². The summed E-state index contributed by atoms with van der Waals surface area (Å²) in [6.07, 6.45) is 1.60. The van der Waals surface area contributed by atoms with Gasteiger partial charge < -0.3 is 15.0 Å². The number of nitrogens with one attached hydrogen (secondary N) is 1. The molecular weight excluding hydrogens is 382 g/mol. The summed E-state index contributed by atoms with van der Waals surface area (Å²) >= 11 is 7.53. The first kappa shape index (κ1) is 19.5. The van der Waals surface area contributed by atoms with Crippen LogP contribution in [0, 0.1) is 0 Å². The lowest BCUT2D eigenvalue weighted by Gasteiger charge is -2.11. The van der Waals surface area contributed by atoms with Gasteiger partial charge in [0.05, 0.1) is 18.5 Å². The fourth-order valence-electron chi connectivity index (χ4n) is 2.57. The highest BCUT2D eigenvalue weighted by Gasteiger charge is 2.13. The predicted octanol–water partition coefficient (Wildman–Crippen LogP) is 3.64. The summed E-state index contributed by atoms with van der Waals surface area (Å²) in [5.41, 5.74) is 2.72. The van der Waals surface area contributed by atoms with Crippen LogP contribution in [0.2, 0.25) is 5.02 Å². The summed E-state index contributed by atoms with van der Waals surface area (Å²) in [5.74, 6) is 0.546. The van der Waals surface area contributed by atoms with Gasteiger partial charge in [-0.15, -0.1) is 0 Å². The van der Waals surface area contributed by atoms with Crippen LogP contribution >= 0.6 is 23.4 Å². The molecule has 0 fully saturated rings. The fourth-order valence-corrected chi connectivity index (χ4v) is 3.73. The third-order valence-corrected chi connectivity index (χ3v) is 5.25. The van der Waals surface area contributed by atoms with Gasteiger partial charge in [-0.3, -0.25) is 4.79 Å². The summed E-state index contributed by atoms with van der Waals surface area (Å²) in [5, 5.41) is 13.8. The zero-order chi connectivity index (χ0) is 19.1. The summed E-state index contributed by atoms with van der Waals surface area (Å²) in [6.45, 7) is 0.408. The van der Waals surface area contributed by atoms with Crippen LogP contribution in [0.25, 0.3) is 0 Å². The average molecular weight is 402 g/mol. The third kappa shape index (κ3) is 5.60. The molecule has 0 spiro atoms. The molecule has 3 aromatic rings. The van der Waals surface area contributed by atoms with E-state index in [2.05, 4.69) is 10.3 Å².